The molecule has 1 saturated heterocycles. The zero-order valence-electron chi connectivity index (χ0n) is 7.02. The van der Waals surface area contributed by atoms with E-state index in [0.717, 1.165) is 19.5 Å². The fourth-order valence-corrected chi connectivity index (χ4v) is 1.59. The van der Waals surface area contributed by atoms with E-state index in [0.29, 0.717) is 10.9 Å². The van der Waals surface area contributed by atoms with E-state index in [-0.39, 0.29) is 0 Å². The minimum atomic E-state index is 0.309. The topological polar surface area (TPSA) is 3.24 Å². The van der Waals surface area contributed by atoms with Crippen LogP contribution in [0.5, 0.6) is 0 Å². The van der Waals surface area contributed by atoms with Gasteiger partial charge in [-0.05, 0) is 27.2 Å². The van der Waals surface area contributed by atoms with Gasteiger partial charge >= 0.3 is 0 Å². The first kappa shape index (κ1) is 8.35. The number of hydrogen-bond acceptors (Lipinski definition) is 1. The second-order valence-electron chi connectivity index (χ2n) is 4.00. The number of halogens is 1. The van der Waals surface area contributed by atoms with Crippen molar-refractivity contribution in [3.8, 4) is 0 Å². The summed E-state index contributed by atoms with van der Waals surface area (Å²) in [5.41, 5.74) is 0.309. The lowest BCUT2D eigenvalue weighted by molar-refractivity contribution is 0.175. The Balaban J connectivity index is 2.45. The van der Waals surface area contributed by atoms with Gasteiger partial charge in [0, 0.05) is 24.0 Å². The third kappa shape index (κ3) is 1.86. The third-order valence-electron chi connectivity index (χ3n) is 2.08. The molecule has 0 bridgehead atoms. The lowest BCUT2D eigenvalue weighted by Crippen LogP contribution is -2.39. The molecule has 1 nitrogen and oxygen atoms in total. The molecule has 1 heterocycles. The first-order valence-corrected chi connectivity index (χ1v) is 4.33. The summed E-state index contributed by atoms with van der Waals surface area (Å²) in [6.45, 7) is 8.94. The first-order valence-electron chi connectivity index (χ1n) is 3.89. The molecule has 1 aliphatic rings. The smallest absolute Gasteiger partial charge is 0.0475 e. The SMILES string of the molecule is CC(C)(C)N1CCC(Cl)C1. The van der Waals surface area contributed by atoms with Gasteiger partial charge in [0.15, 0.2) is 0 Å². The molecule has 0 spiro atoms. The van der Waals surface area contributed by atoms with Crippen LogP contribution in [0.1, 0.15) is 27.2 Å². The van der Waals surface area contributed by atoms with Crippen molar-refractivity contribution in [3.63, 3.8) is 0 Å². The monoisotopic (exact) mass is 161 g/mol. The van der Waals surface area contributed by atoms with Crippen LogP contribution in [0.4, 0.5) is 0 Å². The normalized spacial score (nSPS) is 29.4. The van der Waals surface area contributed by atoms with Crippen molar-refractivity contribution in [1.29, 1.82) is 0 Å². The van der Waals surface area contributed by atoms with E-state index in [4.69, 9.17) is 11.6 Å². The molecule has 2 heteroatoms. The highest BCUT2D eigenvalue weighted by Crippen LogP contribution is 2.22. The van der Waals surface area contributed by atoms with Gasteiger partial charge in [0.25, 0.3) is 0 Å². The Morgan fingerprint density at radius 2 is 2.00 bits per heavy atom. The van der Waals surface area contributed by atoms with E-state index >= 15 is 0 Å². The summed E-state index contributed by atoms with van der Waals surface area (Å²) in [5.74, 6) is 0. The van der Waals surface area contributed by atoms with E-state index in [2.05, 4.69) is 25.7 Å². The second kappa shape index (κ2) is 2.71. The van der Waals surface area contributed by atoms with Crippen LogP contribution in [-0.2, 0) is 0 Å². The summed E-state index contributed by atoms with van der Waals surface area (Å²) in [4.78, 5) is 2.44. The summed E-state index contributed by atoms with van der Waals surface area (Å²) in [5, 5.41) is 0.388. The molecule has 1 fully saturated rings. The van der Waals surface area contributed by atoms with Crippen molar-refractivity contribution >= 4 is 11.6 Å². The minimum Gasteiger partial charge on any atom is -0.297 e. The van der Waals surface area contributed by atoms with Crippen molar-refractivity contribution in [1.82, 2.24) is 4.90 Å². The highest BCUT2D eigenvalue weighted by molar-refractivity contribution is 6.20. The molecule has 0 aromatic rings. The molecule has 0 saturated carbocycles. The predicted octanol–water partition coefficient (Wildman–Crippen LogP) is 2.10. The molecular formula is C8H16ClN. The molecule has 1 atom stereocenters. The maximum atomic E-state index is 5.97. The fraction of sp³-hybridized carbons (Fsp3) is 1.00. The van der Waals surface area contributed by atoms with Crippen LogP contribution in [-0.4, -0.2) is 28.9 Å². The van der Waals surface area contributed by atoms with Gasteiger partial charge in [-0.2, -0.15) is 0 Å². The van der Waals surface area contributed by atoms with Crippen LogP contribution < -0.4 is 0 Å². The molecule has 0 aromatic heterocycles. The molecule has 1 rings (SSSR count). The third-order valence-corrected chi connectivity index (χ3v) is 2.44. The highest BCUT2D eigenvalue weighted by atomic mass is 35.5. The van der Waals surface area contributed by atoms with Gasteiger partial charge in [-0.15, -0.1) is 11.6 Å². The molecular weight excluding hydrogens is 146 g/mol. The maximum absolute atomic E-state index is 5.97. The summed E-state index contributed by atoms with van der Waals surface area (Å²) in [6, 6.07) is 0. The quantitative estimate of drug-likeness (QED) is 0.492. The molecule has 0 aromatic carbocycles. The molecule has 10 heavy (non-hydrogen) atoms. The molecule has 1 aliphatic heterocycles. The Labute approximate surface area is 68.4 Å². The summed E-state index contributed by atoms with van der Waals surface area (Å²) < 4.78 is 0. The van der Waals surface area contributed by atoms with Gasteiger partial charge < -0.3 is 0 Å². The zero-order valence-corrected chi connectivity index (χ0v) is 7.78. The predicted molar refractivity (Wildman–Crippen MR) is 45.6 cm³/mol. The lowest BCUT2D eigenvalue weighted by atomic mass is 10.1. The highest BCUT2D eigenvalue weighted by Gasteiger charge is 2.28. The zero-order chi connectivity index (χ0) is 7.78. The first-order chi connectivity index (χ1) is 4.50. The number of nitrogens with zero attached hydrogens (tertiary/aromatic N) is 1. The van der Waals surface area contributed by atoms with Crippen LogP contribution in [0.25, 0.3) is 0 Å². The van der Waals surface area contributed by atoms with Gasteiger partial charge in [0.2, 0.25) is 0 Å². The van der Waals surface area contributed by atoms with E-state index in [1.54, 1.807) is 0 Å². The molecule has 0 radical (unpaired) electrons. The average Bonchev–Trinajstić information content (AvgIpc) is 2.11. The van der Waals surface area contributed by atoms with E-state index in [1.165, 1.54) is 0 Å². The van der Waals surface area contributed by atoms with Crippen molar-refractivity contribution in [3.05, 3.63) is 0 Å². The summed E-state index contributed by atoms with van der Waals surface area (Å²) in [6.07, 6.45) is 1.15. The van der Waals surface area contributed by atoms with Crippen molar-refractivity contribution in [2.75, 3.05) is 13.1 Å². The fourth-order valence-electron chi connectivity index (χ4n) is 1.33. The van der Waals surface area contributed by atoms with Gasteiger partial charge in [0.05, 0.1) is 0 Å². The second-order valence-corrected chi connectivity index (χ2v) is 4.62. The number of likely N-dealkylation sites (tertiary alicyclic amines) is 1. The Morgan fingerprint density at radius 3 is 2.20 bits per heavy atom. The van der Waals surface area contributed by atoms with Crippen LogP contribution in [0.3, 0.4) is 0 Å². The van der Waals surface area contributed by atoms with Crippen molar-refractivity contribution in [2.45, 2.75) is 38.1 Å². The number of alkyl halides is 1. The average molecular weight is 162 g/mol. The Morgan fingerprint density at radius 1 is 1.40 bits per heavy atom. The van der Waals surface area contributed by atoms with Crippen molar-refractivity contribution in [2.24, 2.45) is 0 Å². The van der Waals surface area contributed by atoms with E-state index < -0.39 is 0 Å². The largest absolute Gasteiger partial charge is 0.297 e. The van der Waals surface area contributed by atoms with Crippen LogP contribution in [0, 0.1) is 0 Å². The summed E-state index contributed by atoms with van der Waals surface area (Å²) in [7, 11) is 0. The summed E-state index contributed by atoms with van der Waals surface area (Å²) >= 11 is 5.97. The van der Waals surface area contributed by atoms with E-state index in [1.807, 2.05) is 0 Å². The van der Waals surface area contributed by atoms with E-state index in [9.17, 15) is 0 Å². The van der Waals surface area contributed by atoms with Crippen molar-refractivity contribution < 1.29 is 0 Å². The van der Waals surface area contributed by atoms with Crippen LogP contribution >= 0.6 is 11.6 Å². The standard InChI is InChI=1S/C8H16ClN/c1-8(2,3)10-5-4-7(9)6-10/h7H,4-6H2,1-3H3. The maximum Gasteiger partial charge on any atom is 0.0475 e. The van der Waals surface area contributed by atoms with Crippen LogP contribution in [0.15, 0.2) is 0 Å². The lowest BCUT2D eigenvalue weighted by Gasteiger charge is -2.31. The number of rotatable bonds is 0. The Kier molecular flexibility index (Phi) is 2.26. The molecule has 0 N–H and O–H groups in total. The van der Waals surface area contributed by atoms with Gasteiger partial charge in [-0.3, -0.25) is 4.90 Å². The molecule has 60 valence electrons. The van der Waals surface area contributed by atoms with Crippen LogP contribution in [0.2, 0.25) is 0 Å². The Hall–Kier alpha value is 0.250. The molecule has 0 amide bonds. The Bertz CT molecular complexity index is 117. The van der Waals surface area contributed by atoms with Gasteiger partial charge in [-0.25, -0.2) is 0 Å². The molecule has 0 aliphatic carbocycles. The minimum absolute atomic E-state index is 0.309. The van der Waals surface area contributed by atoms with Gasteiger partial charge in [-0.1, -0.05) is 0 Å². The van der Waals surface area contributed by atoms with Gasteiger partial charge in [0.1, 0.15) is 0 Å². The molecule has 1 unspecified atom stereocenters. The number of hydrogen-bond donors (Lipinski definition) is 0.